The van der Waals surface area contributed by atoms with Crippen LogP contribution in [-0.4, -0.2) is 38.3 Å². The van der Waals surface area contributed by atoms with Crippen LogP contribution in [0, 0.1) is 0 Å². The Labute approximate surface area is 93.7 Å². The molecule has 0 bridgehead atoms. The van der Waals surface area contributed by atoms with Crippen molar-refractivity contribution in [2.24, 2.45) is 4.99 Å². The van der Waals surface area contributed by atoms with Gasteiger partial charge < -0.3 is 19.9 Å². The Kier molecular flexibility index (Phi) is 2.85. The summed E-state index contributed by atoms with van der Waals surface area (Å²) in [5.41, 5.74) is 0.851. The number of nitrogens with one attached hydrogen (secondary N) is 1. The van der Waals surface area contributed by atoms with E-state index in [4.69, 9.17) is 9.47 Å². The van der Waals surface area contributed by atoms with Gasteiger partial charge in [-0.25, -0.2) is 0 Å². The number of aliphatic imine (C=N–C) groups is 1. The predicted octanol–water partition coefficient (Wildman–Crippen LogP) is 0.759. The second-order valence-corrected chi connectivity index (χ2v) is 3.39. The molecule has 5 nitrogen and oxygen atoms in total. The van der Waals surface area contributed by atoms with E-state index in [0.717, 1.165) is 24.5 Å². The van der Waals surface area contributed by atoms with Crippen LogP contribution in [0.15, 0.2) is 17.1 Å². The molecule has 0 saturated carbocycles. The van der Waals surface area contributed by atoms with Gasteiger partial charge in [-0.15, -0.1) is 0 Å². The lowest BCUT2D eigenvalue weighted by Gasteiger charge is -2.11. The monoisotopic (exact) mass is 222 g/mol. The highest BCUT2D eigenvalue weighted by Gasteiger charge is 2.15. The van der Waals surface area contributed by atoms with Crippen molar-refractivity contribution < 1.29 is 14.6 Å². The zero-order chi connectivity index (χ0) is 11.5. The van der Waals surface area contributed by atoms with Crippen LogP contribution in [0.3, 0.4) is 0 Å². The number of phenolic OH excluding ortho intramolecular Hbond substituents is 1. The summed E-state index contributed by atoms with van der Waals surface area (Å²) in [6.07, 6.45) is 0. The Morgan fingerprint density at radius 3 is 2.31 bits per heavy atom. The topological polar surface area (TPSA) is 63.1 Å². The van der Waals surface area contributed by atoms with Crippen molar-refractivity contribution in [3.63, 3.8) is 0 Å². The van der Waals surface area contributed by atoms with Crippen LogP contribution in [0.2, 0.25) is 0 Å². The first-order chi connectivity index (χ1) is 7.76. The Balaban J connectivity index is 2.46. The van der Waals surface area contributed by atoms with Gasteiger partial charge in [0.1, 0.15) is 5.84 Å². The molecular formula is C11H14N2O3. The molecule has 1 aliphatic heterocycles. The summed E-state index contributed by atoms with van der Waals surface area (Å²) in [6, 6.07) is 3.46. The van der Waals surface area contributed by atoms with E-state index in [1.54, 1.807) is 12.1 Å². The fourth-order valence-corrected chi connectivity index (χ4v) is 1.62. The van der Waals surface area contributed by atoms with Crippen molar-refractivity contribution >= 4 is 5.84 Å². The predicted molar refractivity (Wildman–Crippen MR) is 60.6 cm³/mol. The van der Waals surface area contributed by atoms with Gasteiger partial charge in [-0.3, -0.25) is 4.99 Å². The van der Waals surface area contributed by atoms with Gasteiger partial charge in [-0.05, 0) is 12.1 Å². The van der Waals surface area contributed by atoms with Gasteiger partial charge in [-0.2, -0.15) is 0 Å². The smallest absolute Gasteiger partial charge is 0.200 e. The number of amidine groups is 1. The number of rotatable bonds is 3. The van der Waals surface area contributed by atoms with Crippen molar-refractivity contribution in [3.05, 3.63) is 17.7 Å². The summed E-state index contributed by atoms with van der Waals surface area (Å²) in [7, 11) is 3.00. The third kappa shape index (κ3) is 1.76. The molecule has 16 heavy (non-hydrogen) atoms. The molecule has 1 heterocycles. The Hall–Kier alpha value is -1.91. The number of hydrogen-bond acceptors (Lipinski definition) is 5. The van der Waals surface area contributed by atoms with E-state index in [9.17, 15) is 5.11 Å². The molecule has 86 valence electrons. The summed E-state index contributed by atoms with van der Waals surface area (Å²) in [5, 5.41) is 12.9. The highest BCUT2D eigenvalue weighted by molar-refractivity contribution is 6.00. The number of benzene rings is 1. The molecule has 0 spiro atoms. The lowest BCUT2D eigenvalue weighted by atomic mass is 10.1. The quantitative estimate of drug-likeness (QED) is 0.792. The second kappa shape index (κ2) is 4.30. The largest absolute Gasteiger partial charge is 0.502 e. The third-order valence-corrected chi connectivity index (χ3v) is 2.43. The van der Waals surface area contributed by atoms with Gasteiger partial charge in [0.15, 0.2) is 11.5 Å². The molecule has 1 aromatic rings. The first kappa shape index (κ1) is 10.6. The maximum Gasteiger partial charge on any atom is 0.200 e. The van der Waals surface area contributed by atoms with Crippen molar-refractivity contribution in [1.29, 1.82) is 0 Å². The van der Waals surface area contributed by atoms with E-state index < -0.39 is 0 Å². The van der Waals surface area contributed by atoms with Crippen LogP contribution in [-0.2, 0) is 0 Å². The molecule has 0 aromatic heterocycles. The van der Waals surface area contributed by atoms with Crippen LogP contribution in [0.5, 0.6) is 17.2 Å². The van der Waals surface area contributed by atoms with Crippen molar-refractivity contribution in [1.82, 2.24) is 5.32 Å². The van der Waals surface area contributed by atoms with E-state index >= 15 is 0 Å². The zero-order valence-corrected chi connectivity index (χ0v) is 9.28. The highest BCUT2D eigenvalue weighted by Crippen LogP contribution is 2.37. The lowest BCUT2D eigenvalue weighted by molar-refractivity contribution is 0.340. The first-order valence-electron chi connectivity index (χ1n) is 5.00. The number of phenols is 1. The second-order valence-electron chi connectivity index (χ2n) is 3.39. The standard InChI is InChI=1S/C11H14N2O3/c1-15-8-5-7(11-12-3-4-13-11)6-9(16-2)10(8)14/h5-6,14H,3-4H2,1-2H3,(H,12,13). The molecule has 0 aliphatic carbocycles. The molecule has 5 heteroatoms. The van der Waals surface area contributed by atoms with Gasteiger partial charge >= 0.3 is 0 Å². The van der Waals surface area contributed by atoms with E-state index in [0.29, 0.717) is 11.5 Å². The molecule has 2 N–H and O–H groups in total. The maximum absolute atomic E-state index is 9.75. The van der Waals surface area contributed by atoms with Gasteiger partial charge in [0.2, 0.25) is 5.75 Å². The molecule has 0 amide bonds. The number of hydrogen-bond donors (Lipinski definition) is 2. The van der Waals surface area contributed by atoms with Gasteiger partial charge in [-0.1, -0.05) is 0 Å². The molecular weight excluding hydrogens is 208 g/mol. The van der Waals surface area contributed by atoms with Gasteiger partial charge in [0.05, 0.1) is 20.8 Å². The number of nitrogens with zero attached hydrogens (tertiary/aromatic N) is 1. The molecule has 1 aliphatic rings. The van der Waals surface area contributed by atoms with Crippen molar-refractivity contribution in [2.75, 3.05) is 27.3 Å². The minimum atomic E-state index is 0.00680. The minimum Gasteiger partial charge on any atom is -0.502 e. The molecule has 2 rings (SSSR count). The van der Waals surface area contributed by atoms with E-state index in [-0.39, 0.29) is 5.75 Å². The van der Waals surface area contributed by atoms with Crippen molar-refractivity contribution in [3.8, 4) is 17.2 Å². The van der Waals surface area contributed by atoms with E-state index in [2.05, 4.69) is 10.3 Å². The molecule has 1 aromatic carbocycles. The normalized spacial score (nSPS) is 14.2. The average molecular weight is 222 g/mol. The number of aromatic hydroxyl groups is 1. The zero-order valence-electron chi connectivity index (χ0n) is 9.28. The summed E-state index contributed by atoms with van der Waals surface area (Å²) in [4.78, 5) is 4.30. The number of methoxy groups -OCH3 is 2. The fraction of sp³-hybridized carbons (Fsp3) is 0.364. The van der Waals surface area contributed by atoms with Crippen LogP contribution in [0.25, 0.3) is 0 Å². The Bertz CT molecular complexity index is 404. The molecule has 0 saturated heterocycles. The first-order valence-corrected chi connectivity index (χ1v) is 5.00. The van der Waals surface area contributed by atoms with Gasteiger partial charge in [0, 0.05) is 12.1 Å². The lowest BCUT2D eigenvalue weighted by Crippen LogP contribution is -2.19. The highest BCUT2D eigenvalue weighted by atomic mass is 16.5. The third-order valence-electron chi connectivity index (χ3n) is 2.43. The van der Waals surface area contributed by atoms with E-state index in [1.165, 1.54) is 14.2 Å². The Morgan fingerprint density at radius 2 is 1.88 bits per heavy atom. The molecule has 0 atom stereocenters. The van der Waals surface area contributed by atoms with Gasteiger partial charge in [0.25, 0.3) is 0 Å². The summed E-state index contributed by atoms with van der Waals surface area (Å²) in [6.45, 7) is 1.60. The summed E-state index contributed by atoms with van der Waals surface area (Å²) >= 11 is 0. The minimum absolute atomic E-state index is 0.00680. The van der Waals surface area contributed by atoms with Crippen LogP contribution in [0.1, 0.15) is 5.56 Å². The summed E-state index contributed by atoms with van der Waals surface area (Å²) < 4.78 is 10.1. The van der Waals surface area contributed by atoms with Crippen LogP contribution in [0.4, 0.5) is 0 Å². The molecule has 0 radical (unpaired) electrons. The number of ether oxygens (including phenoxy) is 2. The van der Waals surface area contributed by atoms with Crippen LogP contribution >= 0.6 is 0 Å². The van der Waals surface area contributed by atoms with Crippen molar-refractivity contribution in [2.45, 2.75) is 0 Å². The fourth-order valence-electron chi connectivity index (χ4n) is 1.62. The summed E-state index contributed by atoms with van der Waals surface area (Å²) in [5.74, 6) is 1.57. The van der Waals surface area contributed by atoms with E-state index in [1.807, 2.05) is 0 Å². The Morgan fingerprint density at radius 1 is 1.25 bits per heavy atom. The average Bonchev–Trinajstić information content (AvgIpc) is 2.83. The SMILES string of the molecule is COc1cc(C2=NCCN2)cc(OC)c1O. The van der Waals surface area contributed by atoms with Crippen LogP contribution < -0.4 is 14.8 Å². The maximum atomic E-state index is 9.75. The molecule has 0 unspecified atom stereocenters. The molecule has 0 fully saturated rings.